The smallest absolute Gasteiger partial charge is 0.255 e. The number of amides is 2. The van der Waals surface area contributed by atoms with E-state index < -0.39 is 0 Å². The highest BCUT2D eigenvalue weighted by Gasteiger charge is 2.24. The molecule has 0 saturated carbocycles. The number of benzene rings is 2. The Balaban J connectivity index is 1.51. The first kappa shape index (κ1) is 15.2. The van der Waals surface area contributed by atoms with E-state index in [2.05, 4.69) is 5.32 Å². The summed E-state index contributed by atoms with van der Waals surface area (Å²) in [6.45, 7) is 0. The fourth-order valence-corrected chi connectivity index (χ4v) is 3.04. The van der Waals surface area contributed by atoms with Crippen LogP contribution in [-0.4, -0.2) is 23.4 Å². The fraction of sp³-hybridized carbons (Fsp3) is 0.100. The summed E-state index contributed by atoms with van der Waals surface area (Å²) in [6.07, 6.45) is 4.29. The molecular formula is C20H17N3O2. The Morgan fingerprint density at radius 1 is 1.04 bits per heavy atom. The minimum absolute atomic E-state index is 0.0686. The van der Waals surface area contributed by atoms with Gasteiger partial charge in [0.2, 0.25) is 5.91 Å². The molecule has 1 aliphatic rings. The zero-order chi connectivity index (χ0) is 17.4. The molecule has 0 aliphatic carbocycles. The predicted molar refractivity (Wildman–Crippen MR) is 97.3 cm³/mol. The number of carbonyl (C=O) groups excluding carboxylic acids is 2. The van der Waals surface area contributed by atoms with Gasteiger partial charge < -0.3 is 14.8 Å². The lowest BCUT2D eigenvalue weighted by Gasteiger charge is -2.11. The number of anilines is 2. The number of nitrogens with one attached hydrogen (secondary N) is 1. The lowest BCUT2D eigenvalue weighted by molar-refractivity contribution is -0.117. The molecule has 3 aromatic rings. The molecule has 1 aliphatic heterocycles. The Labute approximate surface area is 145 Å². The molecule has 25 heavy (non-hydrogen) atoms. The second-order valence-electron chi connectivity index (χ2n) is 6.06. The number of nitrogens with zero attached hydrogens (tertiary/aromatic N) is 2. The van der Waals surface area contributed by atoms with E-state index in [-0.39, 0.29) is 11.8 Å². The van der Waals surface area contributed by atoms with Crippen molar-refractivity contribution in [1.29, 1.82) is 0 Å². The zero-order valence-corrected chi connectivity index (χ0v) is 13.8. The third-order valence-corrected chi connectivity index (χ3v) is 4.45. The first-order valence-electron chi connectivity index (χ1n) is 8.06. The molecule has 0 bridgehead atoms. The normalized spacial score (nSPS) is 13.0. The topological polar surface area (TPSA) is 54.3 Å². The molecule has 1 aromatic heterocycles. The molecule has 5 heteroatoms. The van der Waals surface area contributed by atoms with Crippen LogP contribution in [0, 0.1) is 0 Å². The molecule has 0 fully saturated rings. The molecule has 2 aromatic carbocycles. The van der Waals surface area contributed by atoms with E-state index in [1.165, 1.54) is 0 Å². The van der Waals surface area contributed by atoms with Crippen molar-refractivity contribution in [3.63, 3.8) is 0 Å². The molecule has 2 amide bonds. The van der Waals surface area contributed by atoms with Crippen molar-refractivity contribution < 1.29 is 9.59 Å². The molecule has 2 heterocycles. The van der Waals surface area contributed by atoms with Crippen molar-refractivity contribution in [3.05, 3.63) is 78.1 Å². The summed E-state index contributed by atoms with van der Waals surface area (Å²) < 4.78 is 1.98. The molecule has 0 unspecified atom stereocenters. The van der Waals surface area contributed by atoms with Crippen LogP contribution in [0.3, 0.4) is 0 Å². The Hall–Kier alpha value is -3.34. The summed E-state index contributed by atoms with van der Waals surface area (Å²) in [7, 11) is 1.76. The highest BCUT2D eigenvalue weighted by atomic mass is 16.2. The standard InChI is InChI=1S/C20H17N3O2/c1-22-18-9-6-16(12-15(18)13-19(22)24)21-20(25)14-4-7-17(8-5-14)23-10-2-3-11-23/h2-12H,13H2,1H3,(H,21,25). The van der Waals surface area contributed by atoms with Crippen molar-refractivity contribution in [3.8, 4) is 5.69 Å². The molecular weight excluding hydrogens is 314 g/mol. The molecule has 124 valence electrons. The maximum absolute atomic E-state index is 12.4. The van der Waals surface area contributed by atoms with Crippen molar-refractivity contribution in [2.45, 2.75) is 6.42 Å². The summed E-state index contributed by atoms with van der Waals surface area (Å²) in [5.41, 5.74) is 4.12. The monoisotopic (exact) mass is 331 g/mol. The van der Waals surface area contributed by atoms with Crippen molar-refractivity contribution in [2.24, 2.45) is 0 Å². The molecule has 0 atom stereocenters. The number of rotatable bonds is 3. The third kappa shape index (κ3) is 2.80. The van der Waals surface area contributed by atoms with Gasteiger partial charge in [0.1, 0.15) is 0 Å². The summed E-state index contributed by atoms with van der Waals surface area (Å²) in [4.78, 5) is 25.8. The van der Waals surface area contributed by atoms with E-state index in [1.54, 1.807) is 24.1 Å². The summed E-state index contributed by atoms with van der Waals surface area (Å²) in [6, 6.07) is 16.9. The Bertz CT molecular complexity index is 944. The van der Waals surface area contributed by atoms with Crippen molar-refractivity contribution in [2.75, 3.05) is 17.3 Å². The van der Waals surface area contributed by atoms with Crippen molar-refractivity contribution in [1.82, 2.24) is 4.57 Å². The second-order valence-corrected chi connectivity index (χ2v) is 6.06. The molecule has 0 radical (unpaired) electrons. The number of carbonyl (C=O) groups is 2. The van der Waals surface area contributed by atoms with Gasteiger partial charge in [-0.15, -0.1) is 0 Å². The number of fused-ring (bicyclic) bond motifs is 1. The minimum atomic E-state index is -0.170. The quantitative estimate of drug-likeness (QED) is 0.801. The maximum Gasteiger partial charge on any atom is 0.255 e. The number of hydrogen-bond donors (Lipinski definition) is 1. The van der Waals surface area contributed by atoms with Crippen LogP contribution in [0.2, 0.25) is 0 Å². The van der Waals surface area contributed by atoms with Gasteiger partial charge in [-0.2, -0.15) is 0 Å². The SMILES string of the molecule is CN1C(=O)Cc2cc(NC(=O)c3ccc(-n4cccc4)cc3)ccc21. The van der Waals surface area contributed by atoms with Gasteiger partial charge in [0.25, 0.3) is 5.91 Å². The Kier molecular flexibility index (Phi) is 3.61. The van der Waals surface area contributed by atoms with Crippen LogP contribution >= 0.6 is 0 Å². The summed E-state index contributed by atoms with van der Waals surface area (Å²) in [5, 5.41) is 2.90. The first-order valence-corrected chi connectivity index (χ1v) is 8.06. The number of aromatic nitrogens is 1. The number of likely N-dealkylation sites (N-methyl/N-ethyl adjacent to an activating group) is 1. The van der Waals surface area contributed by atoms with Gasteiger partial charge in [-0.25, -0.2) is 0 Å². The summed E-state index contributed by atoms with van der Waals surface area (Å²) >= 11 is 0. The first-order chi connectivity index (χ1) is 12.1. The van der Waals surface area contributed by atoms with Crippen LogP contribution in [0.4, 0.5) is 11.4 Å². The van der Waals surface area contributed by atoms with Crippen molar-refractivity contribution >= 4 is 23.2 Å². The van der Waals surface area contributed by atoms with Gasteiger partial charge in [-0.1, -0.05) is 0 Å². The van der Waals surface area contributed by atoms with E-state index in [9.17, 15) is 9.59 Å². The van der Waals surface area contributed by atoms with E-state index in [1.807, 2.05) is 59.4 Å². The van der Waals surface area contributed by atoms with Crippen LogP contribution in [-0.2, 0) is 11.2 Å². The van der Waals surface area contributed by atoms with E-state index >= 15 is 0 Å². The highest BCUT2D eigenvalue weighted by molar-refractivity contribution is 6.05. The lowest BCUT2D eigenvalue weighted by atomic mass is 10.1. The molecule has 5 nitrogen and oxygen atoms in total. The van der Waals surface area contributed by atoms with Crippen LogP contribution in [0.15, 0.2) is 67.0 Å². The molecule has 1 N–H and O–H groups in total. The predicted octanol–water partition coefficient (Wildman–Crippen LogP) is 3.25. The zero-order valence-electron chi connectivity index (χ0n) is 13.8. The van der Waals surface area contributed by atoms with Gasteiger partial charge in [-0.05, 0) is 60.2 Å². The molecule has 0 spiro atoms. The van der Waals surface area contributed by atoms with Crippen LogP contribution in [0.25, 0.3) is 5.69 Å². The average Bonchev–Trinajstić information content (AvgIpc) is 3.24. The van der Waals surface area contributed by atoms with Crippen LogP contribution in [0.1, 0.15) is 15.9 Å². The maximum atomic E-state index is 12.4. The average molecular weight is 331 g/mol. The van der Waals surface area contributed by atoms with Gasteiger partial charge in [0, 0.05) is 42.1 Å². The van der Waals surface area contributed by atoms with Crippen LogP contribution in [0.5, 0.6) is 0 Å². The lowest BCUT2D eigenvalue weighted by Crippen LogP contribution is -2.20. The molecule has 4 rings (SSSR count). The van der Waals surface area contributed by atoms with Gasteiger partial charge in [0.15, 0.2) is 0 Å². The Morgan fingerprint density at radius 2 is 1.76 bits per heavy atom. The van der Waals surface area contributed by atoms with Gasteiger partial charge >= 0.3 is 0 Å². The van der Waals surface area contributed by atoms with Crippen LogP contribution < -0.4 is 10.2 Å². The van der Waals surface area contributed by atoms with E-state index in [0.29, 0.717) is 17.7 Å². The van der Waals surface area contributed by atoms with E-state index in [4.69, 9.17) is 0 Å². The number of hydrogen-bond acceptors (Lipinski definition) is 2. The molecule has 0 saturated heterocycles. The van der Waals surface area contributed by atoms with Gasteiger partial charge in [-0.3, -0.25) is 9.59 Å². The summed E-state index contributed by atoms with van der Waals surface area (Å²) in [5.74, 6) is -0.101. The second kappa shape index (κ2) is 5.94. The highest BCUT2D eigenvalue weighted by Crippen LogP contribution is 2.30. The minimum Gasteiger partial charge on any atom is -0.324 e. The fourth-order valence-electron chi connectivity index (χ4n) is 3.04. The third-order valence-electron chi connectivity index (χ3n) is 4.45. The largest absolute Gasteiger partial charge is 0.324 e. The van der Waals surface area contributed by atoms with Gasteiger partial charge in [0.05, 0.1) is 6.42 Å². The Morgan fingerprint density at radius 3 is 2.48 bits per heavy atom. The van der Waals surface area contributed by atoms with E-state index in [0.717, 1.165) is 16.9 Å².